The van der Waals surface area contributed by atoms with Gasteiger partial charge < -0.3 is 5.11 Å². The van der Waals surface area contributed by atoms with Crippen LogP contribution >= 0.6 is 34.2 Å². The molecule has 82 valence electrons. The molecule has 1 unspecified atom stereocenters. The van der Waals surface area contributed by atoms with Crippen LogP contribution in [0, 0.1) is 0 Å². The Morgan fingerprint density at radius 2 is 2.07 bits per heavy atom. The van der Waals surface area contributed by atoms with Crippen molar-refractivity contribution in [2.45, 2.75) is 16.8 Å². The average molecular weight is 260 g/mol. The maximum Gasteiger partial charge on any atom is 0.305 e. The molecule has 1 N–H and O–H groups in total. The third-order valence-corrected chi connectivity index (χ3v) is 5.07. The van der Waals surface area contributed by atoms with Crippen molar-refractivity contribution in [3.63, 3.8) is 0 Å². The topological polar surface area (TPSA) is 37.3 Å². The van der Waals surface area contributed by atoms with Gasteiger partial charge in [0.05, 0.1) is 11.0 Å². The van der Waals surface area contributed by atoms with E-state index in [9.17, 15) is 4.79 Å². The van der Waals surface area contributed by atoms with Crippen molar-refractivity contribution in [1.82, 2.24) is 0 Å². The molecule has 0 aliphatic carbocycles. The van der Waals surface area contributed by atoms with E-state index in [-0.39, 0.29) is 11.0 Å². The number of benzene rings is 1. The van der Waals surface area contributed by atoms with Crippen LogP contribution in [0.25, 0.3) is 0 Å². The minimum absolute atomic E-state index is 0.00559. The zero-order valence-electron chi connectivity index (χ0n) is 8.00. The SMILES string of the molecule is O=C(O)CC(SS)SCc1ccccc1. The Kier molecular flexibility index (Phi) is 6.05. The van der Waals surface area contributed by atoms with Crippen LogP contribution in [-0.4, -0.2) is 15.7 Å². The predicted molar refractivity (Wildman–Crippen MR) is 70.4 cm³/mol. The van der Waals surface area contributed by atoms with Gasteiger partial charge >= 0.3 is 5.97 Å². The first-order chi connectivity index (χ1) is 7.22. The van der Waals surface area contributed by atoms with E-state index in [1.54, 1.807) is 11.8 Å². The van der Waals surface area contributed by atoms with E-state index in [2.05, 4.69) is 11.7 Å². The quantitative estimate of drug-likeness (QED) is 0.467. The van der Waals surface area contributed by atoms with E-state index in [0.29, 0.717) is 0 Å². The minimum Gasteiger partial charge on any atom is -0.481 e. The van der Waals surface area contributed by atoms with Gasteiger partial charge in [0.15, 0.2) is 0 Å². The molecule has 0 aromatic heterocycles. The molecule has 0 saturated heterocycles. The zero-order chi connectivity index (χ0) is 11.1. The second-order valence-corrected chi connectivity index (χ2v) is 5.83. The van der Waals surface area contributed by atoms with E-state index in [4.69, 9.17) is 5.11 Å². The Labute approximate surface area is 103 Å². The highest BCUT2D eigenvalue weighted by molar-refractivity contribution is 8.70. The highest BCUT2D eigenvalue weighted by Gasteiger charge is 2.12. The summed E-state index contributed by atoms with van der Waals surface area (Å²) in [5, 5.41) is 8.65. The molecule has 0 saturated carbocycles. The van der Waals surface area contributed by atoms with Crippen molar-refractivity contribution in [3.05, 3.63) is 35.9 Å². The number of hydrogen-bond acceptors (Lipinski definition) is 4. The smallest absolute Gasteiger partial charge is 0.305 e. The van der Waals surface area contributed by atoms with Gasteiger partial charge in [0, 0.05) is 5.75 Å². The first-order valence-corrected chi connectivity index (χ1v) is 7.38. The summed E-state index contributed by atoms with van der Waals surface area (Å²) < 4.78 is 0.00559. The van der Waals surface area contributed by atoms with Gasteiger partial charge in [0.2, 0.25) is 0 Å². The van der Waals surface area contributed by atoms with Crippen LogP contribution in [0.15, 0.2) is 30.3 Å². The minimum atomic E-state index is -0.776. The van der Waals surface area contributed by atoms with Crippen LogP contribution < -0.4 is 0 Å². The van der Waals surface area contributed by atoms with Crippen molar-refractivity contribution in [2.75, 3.05) is 0 Å². The van der Waals surface area contributed by atoms with Gasteiger partial charge in [-0.2, -0.15) is 0 Å². The largest absolute Gasteiger partial charge is 0.481 e. The van der Waals surface area contributed by atoms with Crippen LogP contribution in [0.1, 0.15) is 12.0 Å². The lowest BCUT2D eigenvalue weighted by Gasteiger charge is -2.10. The molecule has 0 radical (unpaired) electrons. The average Bonchev–Trinajstić information content (AvgIpc) is 2.25. The molecular weight excluding hydrogens is 248 g/mol. The van der Waals surface area contributed by atoms with Crippen LogP contribution in [0.2, 0.25) is 0 Å². The number of carboxylic acid groups (broad SMARTS) is 1. The summed E-state index contributed by atoms with van der Waals surface area (Å²) >= 11 is 5.68. The van der Waals surface area contributed by atoms with Crippen molar-refractivity contribution in [1.29, 1.82) is 0 Å². The fourth-order valence-corrected chi connectivity index (χ4v) is 3.30. The maximum atomic E-state index is 10.5. The number of thiol groups is 1. The van der Waals surface area contributed by atoms with E-state index >= 15 is 0 Å². The summed E-state index contributed by atoms with van der Waals surface area (Å²) in [6, 6.07) is 10.0. The highest BCUT2D eigenvalue weighted by Crippen LogP contribution is 2.31. The Morgan fingerprint density at radius 3 is 2.60 bits per heavy atom. The molecule has 1 rings (SSSR count). The zero-order valence-corrected chi connectivity index (χ0v) is 10.5. The fourth-order valence-electron chi connectivity index (χ4n) is 1.03. The molecule has 1 aromatic carbocycles. The van der Waals surface area contributed by atoms with Crippen molar-refractivity contribution >= 4 is 40.2 Å². The Bertz CT molecular complexity index is 303. The number of carboxylic acids is 1. The molecule has 2 nitrogen and oxygen atoms in total. The van der Waals surface area contributed by atoms with Crippen LogP contribution in [-0.2, 0) is 10.5 Å². The van der Waals surface area contributed by atoms with E-state index in [1.165, 1.54) is 16.4 Å². The summed E-state index contributed by atoms with van der Waals surface area (Å²) in [6.45, 7) is 0. The van der Waals surface area contributed by atoms with Crippen LogP contribution in [0.4, 0.5) is 0 Å². The number of rotatable bonds is 6. The van der Waals surface area contributed by atoms with E-state index < -0.39 is 5.97 Å². The van der Waals surface area contributed by atoms with Gasteiger partial charge in [-0.1, -0.05) is 41.1 Å². The number of carbonyl (C=O) groups is 1. The first-order valence-electron chi connectivity index (χ1n) is 4.40. The van der Waals surface area contributed by atoms with Crippen LogP contribution in [0.5, 0.6) is 0 Å². The van der Waals surface area contributed by atoms with Gasteiger partial charge in [-0.05, 0) is 5.56 Å². The lowest BCUT2D eigenvalue weighted by molar-refractivity contribution is -0.136. The summed E-state index contributed by atoms with van der Waals surface area (Å²) in [5.41, 5.74) is 1.21. The van der Waals surface area contributed by atoms with Crippen molar-refractivity contribution in [3.8, 4) is 0 Å². The Balaban J connectivity index is 2.37. The third-order valence-electron chi connectivity index (χ3n) is 1.74. The van der Waals surface area contributed by atoms with Crippen molar-refractivity contribution in [2.24, 2.45) is 0 Å². The summed E-state index contributed by atoms with van der Waals surface area (Å²) in [6.07, 6.45) is 0.145. The number of hydrogen-bond donors (Lipinski definition) is 2. The molecule has 1 atom stereocenters. The molecule has 0 bridgehead atoms. The molecule has 5 heteroatoms. The lowest BCUT2D eigenvalue weighted by atomic mass is 10.2. The maximum absolute atomic E-state index is 10.5. The molecule has 1 aromatic rings. The fraction of sp³-hybridized carbons (Fsp3) is 0.300. The second kappa shape index (κ2) is 7.09. The van der Waals surface area contributed by atoms with Crippen LogP contribution in [0.3, 0.4) is 0 Å². The van der Waals surface area contributed by atoms with Gasteiger partial charge in [-0.25, -0.2) is 0 Å². The highest BCUT2D eigenvalue weighted by atomic mass is 33.1. The predicted octanol–water partition coefficient (Wildman–Crippen LogP) is 3.30. The molecule has 0 aliphatic rings. The summed E-state index contributed by atoms with van der Waals surface area (Å²) in [5.74, 6) is 0.0499. The second-order valence-electron chi connectivity index (χ2n) is 2.93. The molecule has 15 heavy (non-hydrogen) atoms. The standard InChI is InChI=1S/C10H12O2S3/c11-9(12)6-10(15-13)14-7-8-4-2-1-3-5-8/h1-5,10,13H,6-7H2,(H,11,12). The van der Waals surface area contributed by atoms with E-state index in [1.807, 2.05) is 30.3 Å². The third kappa shape index (κ3) is 5.39. The Morgan fingerprint density at radius 1 is 1.40 bits per heavy atom. The molecule has 0 fully saturated rings. The summed E-state index contributed by atoms with van der Waals surface area (Å²) in [7, 11) is 1.29. The molecule has 0 aliphatic heterocycles. The van der Waals surface area contributed by atoms with Crippen molar-refractivity contribution < 1.29 is 9.90 Å². The van der Waals surface area contributed by atoms with Gasteiger partial charge in [-0.3, -0.25) is 4.79 Å². The number of aliphatic carboxylic acids is 1. The molecule has 0 spiro atoms. The molecule has 0 heterocycles. The lowest BCUT2D eigenvalue weighted by Crippen LogP contribution is -2.05. The first kappa shape index (κ1) is 12.8. The van der Waals surface area contributed by atoms with Gasteiger partial charge in [0.1, 0.15) is 0 Å². The van der Waals surface area contributed by atoms with Gasteiger partial charge in [-0.15, -0.1) is 23.4 Å². The Hall–Kier alpha value is -0.260. The monoisotopic (exact) mass is 260 g/mol. The normalized spacial score (nSPS) is 12.3. The van der Waals surface area contributed by atoms with Gasteiger partial charge in [0.25, 0.3) is 0 Å². The molecule has 0 amide bonds. The number of thioether (sulfide) groups is 1. The summed E-state index contributed by atoms with van der Waals surface area (Å²) in [4.78, 5) is 10.5. The van der Waals surface area contributed by atoms with E-state index in [0.717, 1.165) is 5.75 Å². The molecular formula is C10H12O2S3.